The summed E-state index contributed by atoms with van der Waals surface area (Å²) in [4.78, 5) is 38.8. The van der Waals surface area contributed by atoms with Crippen molar-refractivity contribution in [3.05, 3.63) is 84.8 Å². The summed E-state index contributed by atoms with van der Waals surface area (Å²) in [5.74, 6) is 0.0306. The Morgan fingerprint density at radius 2 is 1.84 bits per heavy atom. The molecule has 1 N–H and O–H groups in total. The highest BCUT2D eigenvalue weighted by Crippen LogP contribution is 2.27. The second kappa shape index (κ2) is 8.58. The third-order valence-electron chi connectivity index (χ3n) is 4.58. The Hall–Kier alpha value is -3.07. The summed E-state index contributed by atoms with van der Waals surface area (Å²) in [6, 6.07) is 12.8. The van der Waals surface area contributed by atoms with Gasteiger partial charge in [-0.1, -0.05) is 23.2 Å². The first-order valence-electron chi connectivity index (χ1n) is 9.01. The number of hydrogen-bond acceptors (Lipinski definition) is 5. The average Bonchev–Trinajstić information content (AvgIpc) is 3.23. The van der Waals surface area contributed by atoms with Gasteiger partial charge in [-0.2, -0.15) is 0 Å². The summed E-state index contributed by atoms with van der Waals surface area (Å²) >= 11 is 13.2. The maximum Gasteiger partial charge on any atom is 0.336 e. The highest BCUT2D eigenvalue weighted by molar-refractivity contribution is 7.17. The molecule has 10 heteroatoms. The molecule has 2 heterocycles. The summed E-state index contributed by atoms with van der Waals surface area (Å²) in [7, 11) is 1.49. The smallest absolute Gasteiger partial charge is 0.336 e. The van der Waals surface area contributed by atoms with Gasteiger partial charge in [0, 0.05) is 10.7 Å². The first-order valence-corrected chi connectivity index (χ1v) is 10.6. The van der Waals surface area contributed by atoms with E-state index in [4.69, 9.17) is 27.9 Å². The van der Waals surface area contributed by atoms with Crippen LogP contribution in [0.1, 0.15) is 0 Å². The van der Waals surface area contributed by atoms with Crippen LogP contribution in [0.2, 0.25) is 10.0 Å². The number of amides is 1. The topological polar surface area (TPSA) is 82.3 Å². The van der Waals surface area contributed by atoms with Crippen LogP contribution < -0.4 is 21.3 Å². The number of hydrogen-bond donors (Lipinski definition) is 1. The molecule has 158 valence electrons. The number of benzene rings is 2. The van der Waals surface area contributed by atoms with Crippen molar-refractivity contribution < 1.29 is 9.53 Å². The molecule has 31 heavy (non-hydrogen) atoms. The van der Waals surface area contributed by atoms with Gasteiger partial charge in [0.05, 0.1) is 23.3 Å². The monoisotopic (exact) mass is 475 g/mol. The zero-order valence-corrected chi connectivity index (χ0v) is 18.4. The quantitative estimate of drug-likeness (QED) is 0.469. The molecule has 0 saturated heterocycles. The molecule has 4 aromatic rings. The minimum atomic E-state index is -0.624. The lowest BCUT2D eigenvalue weighted by Gasteiger charge is -2.13. The van der Waals surface area contributed by atoms with Gasteiger partial charge in [-0.25, -0.2) is 9.36 Å². The molecule has 0 radical (unpaired) electrons. The molecule has 0 atom stereocenters. The van der Waals surface area contributed by atoms with E-state index in [9.17, 15) is 14.4 Å². The van der Waals surface area contributed by atoms with Crippen LogP contribution in [0.4, 0.5) is 5.69 Å². The summed E-state index contributed by atoms with van der Waals surface area (Å²) in [5.41, 5.74) is 0.146. The summed E-state index contributed by atoms with van der Waals surface area (Å²) in [6.07, 6.45) is 0. The molecular weight excluding hydrogens is 461 g/mol. The van der Waals surface area contributed by atoms with E-state index in [1.165, 1.54) is 23.0 Å². The number of halogens is 2. The second-order valence-corrected chi connectivity index (χ2v) is 8.28. The van der Waals surface area contributed by atoms with Crippen LogP contribution in [0.5, 0.6) is 5.75 Å². The van der Waals surface area contributed by atoms with Gasteiger partial charge in [-0.15, -0.1) is 11.3 Å². The molecule has 1 amide bonds. The second-order valence-electron chi connectivity index (χ2n) is 6.52. The van der Waals surface area contributed by atoms with Crippen LogP contribution in [0.3, 0.4) is 0 Å². The molecule has 7 nitrogen and oxygen atoms in total. The third kappa shape index (κ3) is 4.10. The number of thiophene rings is 1. The van der Waals surface area contributed by atoms with Crippen molar-refractivity contribution in [3.8, 4) is 11.4 Å². The minimum absolute atomic E-state index is 0.288. The normalized spacial score (nSPS) is 10.9. The number of methoxy groups -OCH3 is 1. The van der Waals surface area contributed by atoms with Crippen LogP contribution >= 0.6 is 34.5 Å². The van der Waals surface area contributed by atoms with Gasteiger partial charge in [-0.3, -0.25) is 14.2 Å². The Bertz CT molecular complexity index is 1410. The summed E-state index contributed by atoms with van der Waals surface area (Å²) in [5, 5.41) is 5.23. The Morgan fingerprint density at radius 3 is 2.52 bits per heavy atom. The molecule has 0 unspecified atom stereocenters. The van der Waals surface area contributed by atoms with Crippen molar-refractivity contribution in [1.82, 2.24) is 9.13 Å². The maximum absolute atomic E-state index is 13.2. The van der Waals surface area contributed by atoms with E-state index in [0.29, 0.717) is 37.4 Å². The van der Waals surface area contributed by atoms with Crippen molar-refractivity contribution in [2.24, 2.45) is 0 Å². The van der Waals surface area contributed by atoms with Gasteiger partial charge in [0.1, 0.15) is 17.0 Å². The summed E-state index contributed by atoms with van der Waals surface area (Å²) in [6.45, 7) is -0.288. The molecule has 2 aromatic carbocycles. The molecule has 0 bridgehead atoms. The fourth-order valence-corrected chi connectivity index (χ4v) is 4.35. The molecule has 2 aromatic heterocycles. The zero-order chi connectivity index (χ0) is 22.1. The molecule has 0 saturated carbocycles. The molecule has 0 aliphatic carbocycles. The van der Waals surface area contributed by atoms with Crippen LogP contribution in [0.25, 0.3) is 15.9 Å². The van der Waals surface area contributed by atoms with Gasteiger partial charge in [0.25, 0.3) is 5.56 Å². The molecule has 4 rings (SSSR count). The summed E-state index contributed by atoms with van der Waals surface area (Å²) < 4.78 is 7.77. The average molecular weight is 476 g/mol. The fraction of sp³-hybridized carbons (Fsp3) is 0.0952. The Labute approximate surface area is 190 Å². The lowest BCUT2D eigenvalue weighted by molar-refractivity contribution is -0.116. The Kier molecular flexibility index (Phi) is 5.86. The van der Waals surface area contributed by atoms with Crippen molar-refractivity contribution >= 4 is 56.3 Å². The first kappa shape index (κ1) is 21.2. The Morgan fingerprint density at radius 1 is 1.10 bits per heavy atom. The minimum Gasteiger partial charge on any atom is -0.495 e. The predicted octanol–water partition coefficient (Wildman–Crippen LogP) is 4.17. The SMILES string of the molecule is COc1ccc(NC(=O)Cn2c(=O)n(-c3ccc(Cl)cc3)c(=O)c3sccc32)cc1Cl. The van der Waals surface area contributed by atoms with Gasteiger partial charge in [-0.05, 0) is 53.9 Å². The molecule has 0 aliphatic heterocycles. The Balaban J connectivity index is 1.74. The molecular formula is C21H15Cl2N3O4S. The van der Waals surface area contributed by atoms with E-state index < -0.39 is 17.2 Å². The van der Waals surface area contributed by atoms with Crippen molar-refractivity contribution in [2.45, 2.75) is 6.54 Å². The van der Waals surface area contributed by atoms with Crippen LogP contribution in [-0.2, 0) is 11.3 Å². The molecule has 0 fully saturated rings. The molecule has 0 aliphatic rings. The number of anilines is 1. The van der Waals surface area contributed by atoms with E-state index >= 15 is 0 Å². The number of ether oxygens (including phenoxy) is 1. The van der Waals surface area contributed by atoms with Crippen molar-refractivity contribution in [2.75, 3.05) is 12.4 Å². The predicted molar refractivity (Wildman–Crippen MR) is 123 cm³/mol. The lowest BCUT2D eigenvalue weighted by Crippen LogP contribution is -2.40. The maximum atomic E-state index is 13.2. The number of nitrogens with zero attached hydrogens (tertiary/aromatic N) is 2. The van der Waals surface area contributed by atoms with Gasteiger partial charge < -0.3 is 10.1 Å². The van der Waals surface area contributed by atoms with Gasteiger partial charge in [0.2, 0.25) is 5.91 Å². The van der Waals surface area contributed by atoms with E-state index in [1.807, 2.05) is 0 Å². The number of fused-ring (bicyclic) bond motifs is 1. The van der Waals surface area contributed by atoms with E-state index in [-0.39, 0.29) is 6.54 Å². The molecule has 0 spiro atoms. The van der Waals surface area contributed by atoms with E-state index in [1.54, 1.807) is 53.9 Å². The van der Waals surface area contributed by atoms with Crippen LogP contribution in [-0.4, -0.2) is 22.2 Å². The lowest BCUT2D eigenvalue weighted by atomic mass is 10.3. The first-order chi connectivity index (χ1) is 14.9. The largest absolute Gasteiger partial charge is 0.495 e. The fourth-order valence-electron chi connectivity index (χ4n) is 3.15. The third-order valence-corrected chi connectivity index (χ3v) is 6.02. The number of carbonyl (C=O) groups is 1. The standard InChI is InChI=1S/C21H15Cl2N3O4S/c1-30-17-7-4-13(10-15(17)23)24-18(27)11-25-16-8-9-31-19(16)20(28)26(21(25)29)14-5-2-12(22)3-6-14/h2-10H,11H2,1H3,(H,24,27). The number of rotatable bonds is 5. The van der Waals surface area contributed by atoms with E-state index in [2.05, 4.69) is 5.32 Å². The number of aromatic nitrogens is 2. The van der Waals surface area contributed by atoms with Crippen molar-refractivity contribution in [3.63, 3.8) is 0 Å². The highest BCUT2D eigenvalue weighted by Gasteiger charge is 2.18. The number of nitrogens with one attached hydrogen (secondary N) is 1. The van der Waals surface area contributed by atoms with Gasteiger partial charge in [0.15, 0.2) is 0 Å². The van der Waals surface area contributed by atoms with Gasteiger partial charge >= 0.3 is 5.69 Å². The highest BCUT2D eigenvalue weighted by atomic mass is 35.5. The van der Waals surface area contributed by atoms with Crippen molar-refractivity contribution in [1.29, 1.82) is 0 Å². The van der Waals surface area contributed by atoms with E-state index in [0.717, 1.165) is 4.57 Å². The number of carbonyl (C=O) groups excluding carboxylic acids is 1. The van der Waals surface area contributed by atoms with Crippen LogP contribution in [0.15, 0.2) is 63.5 Å². The van der Waals surface area contributed by atoms with Crippen LogP contribution in [0, 0.1) is 0 Å². The zero-order valence-electron chi connectivity index (χ0n) is 16.1.